The largest absolute Gasteiger partial charge is 0.381 e. The molecule has 2 aliphatic rings. The molecule has 0 aliphatic heterocycles. The highest BCUT2D eigenvalue weighted by molar-refractivity contribution is 4.67. The molecule has 0 atom stereocenters. The second kappa shape index (κ2) is 9.86. The first-order chi connectivity index (χ1) is 8.45. The summed E-state index contributed by atoms with van der Waals surface area (Å²) < 4.78 is 5.91. The topological polar surface area (TPSA) is 55.5 Å². The highest BCUT2D eigenvalue weighted by Gasteiger charge is 2.16. The van der Waals surface area contributed by atoms with Crippen LogP contribution in [0.5, 0.6) is 0 Å². The van der Waals surface area contributed by atoms with E-state index in [0.717, 1.165) is 25.0 Å². The fraction of sp³-hybridized carbons (Fsp3) is 1.00. The fourth-order valence-corrected chi connectivity index (χ4v) is 3.11. The number of ether oxygens (including phenoxy) is 1. The molecule has 3 heteroatoms. The normalized spacial score (nSPS) is 22.9. The SMILES string of the molecule is C1CCC(COCC2CCCCC2)CC1.NO. The Morgan fingerprint density at radius 3 is 1.41 bits per heavy atom. The van der Waals surface area contributed by atoms with Gasteiger partial charge < -0.3 is 9.94 Å². The first kappa shape index (κ1) is 14.9. The van der Waals surface area contributed by atoms with E-state index in [4.69, 9.17) is 9.94 Å². The summed E-state index contributed by atoms with van der Waals surface area (Å²) in [5, 5.41) is 6.50. The van der Waals surface area contributed by atoms with Crippen LogP contribution in [-0.4, -0.2) is 18.4 Å². The molecule has 2 rings (SSSR count). The molecule has 0 bridgehead atoms. The van der Waals surface area contributed by atoms with E-state index in [1.54, 1.807) is 0 Å². The molecule has 2 saturated carbocycles. The first-order valence-corrected chi connectivity index (χ1v) is 7.29. The standard InChI is InChI=1S/C14H26O.H3NO/c1-3-7-13(8-4-1)11-15-12-14-9-5-2-6-10-14;1-2/h13-14H,1-12H2;2H,1H2. The van der Waals surface area contributed by atoms with Gasteiger partial charge in [-0.25, -0.2) is 5.90 Å². The van der Waals surface area contributed by atoms with Gasteiger partial charge >= 0.3 is 0 Å². The Hall–Kier alpha value is -0.120. The molecule has 2 fully saturated rings. The van der Waals surface area contributed by atoms with Gasteiger partial charge in [0.2, 0.25) is 0 Å². The lowest BCUT2D eigenvalue weighted by atomic mass is 9.89. The van der Waals surface area contributed by atoms with Crippen LogP contribution in [0.2, 0.25) is 0 Å². The van der Waals surface area contributed by atoms with Crippen LogP contribution in [0.15, 0.2) is 0 Å². The highest BCUT2D eigenvalue weighted by atomic mass is 16.5. The molecular weight excluding hydrogens is 214 g/mol. The van der Waals surface area contributed by atoms with Crippen molar-refractivity contribution in [2.24, 2.45) is 17.7 Å². The lowest BCUT2D eigenvalue weighted by molar-refractivity contribution is 0.0508. The Morgan fingerprint density at radius 2 is 1.06 bits per heavy atom. The molecule has 0 amide bonds. The Morgan fingerprint density at radius 1 is 0.706 bits per heavy atom. The van der Waals surface area contributed by atoms with Crippen LogP contribution >= 0.6 is 0 Å². The summed E-state index contributed by atoms with van der Waals surface area (Å²) in [6.07, 6.45) is 14.4. The van der Waals surface area contributed by atoms with E-state index in [9.17, 15) is 0 Å². The van der Waals surface area contributed by atoms with Crippen molar-refractivity contribution in [3.8, 4) is 0 Å². The van der Waals surface area contributed by atoms with Crippen molar-refractivity contribution < 1.29 is 9.94 Å². The van der Waals surface area contributed by atoms with Crippen molar-refractivity contribution in [2.75, 3.05) is 13.2 Å². The summed E-state index contributed by atoms with van der Waals surface area (Å²) in [5.41, 5.74) is 0. The van der Waals surface area contributed by atoms with Crippen LogP contribution in [0.25, 0.3) is 0 Å². The van der Waals surface area contributed by atoms with Crippen LogP contribution in [0, 0.1) is 11.8 Å². The van der Waals surface area contributed by atoms with E-state index in [0.29, 0.717) is 0 Å². The van der Waals surface area contributed by atoms with Gasteiger partial charge in [0.25, 0.3) is 0 Å². The van der Waals surface area contributed by atoms with Crippen molar-refractivity contribution >= 4 is 0 Å². The third-order valence-corrected chi connectivity index (χ3v) is 4.16. The molecule has 0 unspecified atom stereocenters. The van der Waals surface area contributed by atoms with Crippen molar-refractivity contribution in [3.05, 3.63) is 0 Å². The Kier molecular flexibility index (Phi) is 8.67. The van der Waals surface area contributed by atoms with Crippen LogP contribution < -0.4 is 5.90 Å². The summed E-state index contributed by atoms with van der Waals surface area (Å²) in [6, 6.07) is 0. The van der Waals surface area contributed by atoms with Gasteiger partial charge in [0.15, 0.2) is 0 Å². The molecular formula is C14H29NO2. The maximum absolute atomic E-state index is 6.50. The molecule has 0 aromatic carbocycles. The molecule has 0 heterocycles. The lowest BCUT2D eigenvalue weighted by Gasteiger charge is -2.25. The average molecular weight is 243 g/mol. The zero-order valence-electron chi connectivity index (χ0n) is 11.1. The number of nitrogens with two attached hydrogens (primary N) is 1. The molecule has 3 nitrogen and oxygen atoms in total. The first-order valence-electron chi connectivity index (χ1n) is 7.29. The zero-order valence-corrected chi connectivity index (χ0v) is 11.1. The molecule has 17 heavy (non-hydrogen) atoms. The van der Waals surface area contributed by atoms with Crippen LogP contribution in [0.4, 0.5) is 0 Å². The van der Waals surface area contributed by atoms with E-state index in [-0.39, 0.29) is 0 Å². The number of hydrogen-bond acceptors (Lipinski definition) is 3. The van der Waals surface area contributed by atoms with E-state index in [1.165, 1.54) is 64.2 Å². The van der Waals surface area contributed by atoms with Crippen LogP contribution in [0.1, 0.15) is 64.2 Å². The van der Waals surface area contributed by atoms with Gasteiger partial charge in [-0.15, -0.1) is 0 Å². The third kappa shape index (κ3) is 6.39. The third-order valence-electron chi connectivity index (χ3n) is 4.16. The van der Waals surface area contributed by atoms with Gasteiger partial charge in [0, 0.05) is 13.2 Å². The molecule has 0 spiro atoms. The highest BCUT2D eigenvalue weighted by Crippen LogP contribution is 2.26. The number of rotatable bonds is 4. The Bertz CT molecular complexity index is 146. The predicted molar refractivity (Wildman–Crippen MR) is 69.9 cm³/mol. The van der Waals surface area contributed by atoms with Crippen molar-refractivity contribution in [1.29, 1.82) is 0 Å². The Labute approximate surface area is 106 Å². The second-order valence-electron chi connectivity index (χ2n) is 5.55. The van der Waals surface area contributed by atoms with Gasteiger partial charge in [-0.05, 0) is 37.5 Å². The molecule has 0 saturated heterocycles. The van der Waals surface area contributed by atoms with Crippen molar-refractivity contribution in [1.82, 2.24) is 0 Å². The van der Waals surface area contributed by atoms with Crippen LogP contribution in [0.3, 0.4) is 0 Å². The summed E-state index contributed by atoms with van der Waals surface area (Å²) in [6.45, 7) is 2.10. The molecule has 3 N–H and O–H groups in total. The Balaban J connectivity index is 0.000000686. The van der Waals surface area contributed by atoms with E-state index in [2.05, 4.69) is 5.90 Å². The fourth-order valence-electron chi connectivity index (χ4n) is 3.11. The summed E-state index contributed by atoms with van der Waals surface area (Å²) in [4.78, 5) is 0. The monoisotopic (exact) mass is 243 g/mol. The lowest BCUT2D eigenvalue weighted by Crippen LogP contribution is -2.18. The average Bonchev–Trinajstić information content (AvgIpc) is 2.43. The molecule has 0 radical (unpaired) electrons. The van der Waals surface area contributed by atoms with E-state index in [1.807, 2.05) is 0 Å². The maximum Gasteiger partial charge on any atom is 0.0494 e. The van der Waals surface area contributed by atoms with Crippen molar-refractivity contribution in [3.63, 3.8) is 0 Å². The smallest absolute Gasteiger partial charge is 0.0494 e. The van der Waals surface area contributed by atoms with Gasteiger partial charge in [-0.2, -0.15) is 0 Å². The van der Waals surface area contributed by atoms with E-state index >= 15 is 0 Å². The summed E-state index contributed by atoms with van der Waals surface area (Å²) >= 11 is 0. The van der Waals surface area contributed by atoms with E-state index < -0.39 is 0 Å². The molecule has 0 aromatic heterocycles. The molecule has 102 valence electrons. The predicted octanol–water partition coefficient (Wildman–Crippen LogP) is 3.50. The zero-order chi connectivity index (χ0) is 12.3. The minimum Gasteiger partial charge on any atom is -0.381 e. The van der Waals surface area contributed by atoms with Gasteiger partial charge in [-0.1, -0.05) is 38.5 Å². The van der Waals surface area contributed by atoms with Crippen molar-refractivity contribution in [2.45, 2.75) is 64.2 Å². The summed E-state index contributed by atoms with van der Waals surface area (Å²) in [5.74, 6) is 5.28. The van der Waals surface area contributed by atoms with Gasteiger partial charge in [0.1, 0.15) is 0 Å². The summed E-state index contributed by atoms with van der Waals surface area (Å²) in [7, 11) is 0. The molecule has 0 aromatic rings. The second-order valence-corrected chi connectivity index (χ2v) is 5.55. The quantitative estimate of drug-likeness (QED) is 0.743. The van der Waals surface area contributed by atoms with Gasteiger partial charge in [-0.3, -0.25) is 0 Å². The minimum atomic E-state index is 0.891. The maximum atomic E-state index is 6.50. The van der Waals surface area contributed by atoms with Gasteiger partial charge in [0.05, 0.1) is 0 Å². The minimum absolute atomic E-state index is 0.891. The molecule has 2 aliphatic carbocycles. The van der Waals surface area contributed by atoms with Crippen LogP contribution in [-0.2, 0) is 4.74 Å². The number of hydrogen-bond donors (Lipinski definition) is 2.